The van der Waals surface area contributed by atoms with Crippen LogP contribution in [0.15, 0.2) is 30.3 Å². The summed E-state index contributed by atoms with van der Waals surface area (Å²) in [4.78, 5) is 12.8. The Morgan fingerprint density at radius 1 is 1.23 bits per heavy atom. The molecule has 0 bridgehead atoms. The van der Waals surface area contributed by atoms with E-state index in [1.807, 2.05) is 37.3 Å². The molecule has 7 heteroatoms. The van der Waals surface area contributed by atoms with E-state index >= 15 is 0 Å². The Morgan fingerprint density at radius 2 is 2.00 bits per heavy atom. The molecule has 1 aromatic carbocycles. The molecular formula is C15H21N5OS. The molecule has 118 valence electrons. The fraction of sp³-hybridized carbons (Fsp3) is 0.400. The minimum Gasteiger partial charge on any atom is -0.381 e. The number of rotatable bonds is 8. The highest BCUT2D eigenvalue weighted by Crippen LogP contribution is 2.26. The number of aromatic nitrogens is 3. The van der Waals surface area contributed by atoms with E-state index in [-0.39, 0.29) is 11.2 Å². The number of ether oxygens (including phenoxy) is 1. The molecule has 3 N–H and O–H groups in total. The summed E-state index contributed by atoms with van der Waals surface area (Å²) in [6.07, 6.45) is 0. The number of hydrogen-bond acceptors (Lipinski definition) is 7. The molecule has 0 fully saturated rings. The molecule has 0 aliphatic carbocycles. The van der Waals surface area contributed by atoms with Crippen LogP contribution < -0.4 is 11.1 Å². The molecule has 0 radical (unpaired) electrons. The molecular weight excluding hydrogens is 298 g/mol. The molecule has 1 aromatic heterocycles. The Balaban J connectivity index is 2.03. The van der Waals surface area contributed by atoms with Crippen molar-refractivity contribution in [1.82, 2.24) is 15.0 Å². The number of anilines is 3. The summed E-state index contributed by atoms with van der Waals surface area (Å²) < 4.78 is 5.34. The first-order valence-corrected chi connectivity index (χ1v) is 8.26. The Bertz CT molecular complexity index is 581. The summed E-state index contributed by atoms with van der Waals surface area (Å²) >= 11 is 1.73. The van der Waals surface area contributed by atoms with Gasteiger partial charge in [-0.3, -0.25) is 0 Å². The van der Waals surface area contributed by atoms with Crippen LogP contribution in [0.1, 0.15) is 24.9 Å². The molecule has 1 atom stereocenters. The Hall–Kier alpha value is -1.86. The first-order valence-electron chi connectivity index (χ1n) is 7.22. The van der Waals surface area contributed by atoms with Crippen molar-refractivity contribution in [3.63, 3.8) is 0 Å². The van der Waals surface area contributed by atoms with Crippen molar-refractivity contribution in [2.24, 2.45) is 0 Å². The lowest BCUT2D eigenvalue weighted by atomic mass is 10.3. The van der Waals surface area contributed by atoms with Crippen molar-refractivity contribution in [3.8, 4) is 0 Å². The van der Waals surface area contributed by atoms with E-state index in [2.05, 4.69) is 27.2 Å². The molecule has 0 amide bonds. The maximum Gasteiger partial charge on any atom is 0.232 e. The maximum atomic E-state index is 5.79. The predicted octanol–water partition coefficient (Wildman–Crippen LogP) is 3.03. The van der Waals surface area contributed by atoms with Crippen LogP contribution in [0.2, 0.25) is 0 Å². The van der Waals surface area contributed by atoms with E-state index < -0.39 is 0 Å². The van der Waals surface area contributed by atoms with Gasteiger partial charge in [-0.2, -0.15) is 15.0 Å². The average molecular weight is 319 g/mol. The topological polar surface area (TPSA) is 86.0 Å². The van der Waals surface area contributed by atoms with Crippen LogP contribution in [-0.2, 0) is 4.74 Å². The van der Waals surface area contributed by atoms with Crippen LogP contribution >= 0.6 is 11.8 Å². The maximum absolute atomic E-state index is 5.79. The van der Waals surface area contributed by atoms with Gasteiger partial charge in [0, 0.05) is 18.0 Å². The van der Waals surface area contributed by atoms with Crippen LogP contribution in [0, 0.1) is 0 Å². The SMILES string of the molecule is CCOCCS[C@H](C)c1nc(N)nc(Nc2ccccc2)n1. The van der Waals surface area contributed by atoms with E-state index in [0.717, 1.165) is 24.7 Å². The van der Waals surface area contributed by atoms with Crippen LogP contribution in [-0.4, -0.2) is 33.9 Å². The quantitative estimate of drug-likeness (QED) is 0.723. The molecule has 0 saturated carbocycles. The third-order valence-electron chi connectivity index (χ3n) is 2.86. The number of nitrogen functional groups attached to an aromatic ring is 1. The third kappa shape index (κ3) is 5.16. The zero-order valence-electron chi connectivity index (χ0n) is 12.8. The second kappa shape index (κ2) is 8.55. The molecule has 0 spiro atoms. The summed E-state index contributed by atoms with van der Waals surface area (Å²) in [6.45, 7) is 5.50. The van der Waals surface area contributed by atoms with Gasteiger partial charge in [0.05, 0.1) is 11.9 Å². The van der Waals surface area contributed by atoms with Crippen LogP contribution in [0.4, 0.5) is 17.6 Å². The molecule has 0 aliphatic heterocycles. The molecule has 1 heterocycles. The zero-order valence-corrected chi connectivity index (χ0v) is 13.6. The summed E-state index contributed by atoms with van der Waals surface area (Å²) in [6, 6.07) is 9.73. The lowest BCUT2D eigenvalue weighted by molar-refractivity contribution is 0.164. The molecule has 2 aromatic rings. The second-order valence-electron chi connectivity index (χ2n) is 4.58. The van der Waals surface area contributed by atoms with Gasteiger partial charge >= 0.3 is 0 Å². The van der Waals surface area contributed by atoms with E-state index in [9.17, 15) is 0 Å². The largest absolute Gasteiger partial charge is 0.381 e. The highest BCUT2D eigenvalue weighted by Gasteiger charge is 2.12. The second-order valence-corrected chi connectivity index (χ2v) is 6.03. The van der Waals surface area contributed by atoms with E-state index in [4.69, 9.17) is 10.5 Å². The number of para-hydroxylation sites is 1. The number of nitrogens with zero attached hydrogens (tertiary/aromatic N) is 3. The highest BCUT2D eigenvalue weighted by atomic mass is 32.2. The Labute approximate surface area is 134 Å². The minimum atomic E-state index is 0.127. The summed E-state index contributed by atoms with van der Waals surface area (Å²) in [5.74, 6) is 2.25. The molecule has 0 unspecified atom stereocenters. The number of nitrogens with two attached hydrogens (primary N) is 1. The van der Waals surface area contributed by atoms with E-state index in [0.29, 0.717) is 11.8 Å². The van der Waals surface area contributed by atoms with E-state index in [1.165, 1.54) is 0 Å². The molecule has 2 rings (SSSR count). The number of nitrogens with one attached hydrogen (secondary N) is 1. The van der Waals surface area contributed by atoms with Crippen molar-refractivity contribution < 1.29 is 4.74 Å². The summed E-state index contributed by atoms with van der Waals surface area (Å²) in [7, 11) is 0. The number of benzene rings is 1. The van der Waals surface area contributed by atoms with Crippen molar-refractivity contribution in [1.29, 1.82) is 0 Å². The predicted molar refractivity (Wildman–Crippen MR) is 91.3 cm³/mol. The van der Waals surface area contributed by atoms with Crippen LogP contribution in [0.5, 0.6) is 0 Å². The van der Waals surface area contributed by atoms with Gasteiger partial charge in [-0.1, -0.05) is 18.2 Å². The standard InChI is InChI=1S/C15H21N5OS/c1-3-21-9-10-22-11(2)13-18-14(16)20-15(19-13)17-12-7-5-4-6-8-12/h4-8,11H,3,9-10H2,1-2H3,(H3,16,17,18,19,20)/t11-/m1/s1. The van der Waals surface area contributed by atoms with Gasteiger partial charge < -0.3 is 15.8 Å². The number of hydrogen-bond donors (Lipinski definition) is 2. The van der Waals surface area contributed by atoms with Crippen molar-refractivity contribution in [2.45, 2.75) is 19.1 Å². The fourth-order valence-corrected chi connectivity index (χ4v) is 2.62. The molecule has 22 heavy (non-hydrogen) atoms. The first-order chi connectivity index (χ1) is 10.7. The molecule has 6 nitrogen and oxygen atoms in total. The lowest BCUT2D eigenvalue weighted by Gasteiger charge is -2.12. The lowest BCUT2D eigenvalue weighted by Crippen LogP contribution is -2.09. The molecule has 0 aliphatic rings. The van der Waals surface area contributed by atoms with Crippen molar-refractivity contribution in [2.75, 3.05) is 30.0 Å². The van der Waals surface area contributed by atoms with Gasteiger partial charge in [-0.05, 0) is 26.0 Å². The average Bonchev–Trinajstić information content (AvgIpc) is 2.52. The normalized spacial score (nSPS) is 12.1. The Morgan fingerprint density at radius 3 is 2.73 bits per heavy atom. The summed E-state index contributed by atoms with van der Waals surface area (Å²) in [5.41, 5.74) is 6.70. The monoisotopic (exact) mass is 319 g/mol. The Kier molecular flexibility index (Phi) is 6.42. The van der Waals surface area contributed by atoms with E-state index in [1.54, 1.807) is 11.8 Å². The van der Waals surface area contributed by atoms with Crippen LogP contribution in [0.3, 0.4) is 0 Å². The molecule has 0 saturated heterocycles. The van der Waals surface area contributed by atoms with Gasteiger partial charge in [-0.15, -0.1) is 11.8 Å². The third-order valence-corrected chi connectivity index (χ3v) is 3.98. The van der Waals surface area contributed by atoms with Crippen LogP contribution in [0.25, 0.3) is 0 Å². The highest BCUT2D eigenvalue weighted by molar-refractivity contribution is 7.99. The first kappa shape index (κ1) is 16.5. The zero-order chi connectivity index (χ0) is 15.8. The van der Waals surface area contributed by atoms with Gasteiger partial charge in [0.25, 0.3) is 0 Å². The smallest absolute Gasteiger partial charge is 0.232 e. The van der Waals surface area contributed by atoms with Crippen molar-refractivity contribution in [3.05, 3.63) is 36.2 Å². The fourth-order valence-electron chi connectivity index (χ4n) is 1.80. The van der Waals surface area contributed by atoms with Gasteiger partial charge in [-0.25, -0.2) is 0 Å². The van der Waals surface area contributed by atoms with Gasteiger partial charge in [0.15, 0.2) is 0 Å². The van der Waals surface area contributed by atoms with Crippen molar-refractivity contribution >= 4 is 29.3 Å². The minimum absolute atomic E-state index is 0.127. The summed E-state index contributed by atoms with van der Waals surface area (Å²) in [5, 5.41) is 3.27. The van der Waals surface area contributed by atoms with Gasteiger partial charge in [0.1, 0.15) is 5.82 Å². The number of thioether (sulfide) groups is 1. The van der Waals surface area contributed by atoms with Gasteiger partial charge in [0.2, 0.25) is 11.9 Å².